The van der Waals surface area contributed by atoms with Gasteiger partial charge in [-0.05, 0) is 36.8 Å². The van der Waals surface area contributed by atoms with E-state index in [-0.39, 0.29) is 17.1 Å². The van der Waals surface area contributed by atoms with Crippen LogP contribution in [0.1, 0.15) is 79.1 Å². The van der Waals surface area contributed by atoms with Gasteiger partial charge in [-0.1, -0.05) is 66.2 Å². The lowest BCUT2D eigenvalue weighted by atomic mass is 10.0. The Hall–Kier alpha value is -5.94. The topological polar surface area (TPSA) is 268 Å². The van der Waals surface area contributed by atoms with Crippen LogP contribution in [0, 0.1) is 52.3 Å². The van der Waals surface area contributed by atoms with E-state index in [9.17, 15) is 40.5 Å². The van der Waals surface area contributed by atoms with Gasteiger partial charge in [0.25, 0.3) is 17.1 Å². The number of nitrogens with two attached hydrogens (primary N) is 2. The second kappa shape index (κ2) is 21.3. The molecule has 0 fully saturated rings. The molecular weight excluding hydrogens is 680 g/mol. The number of benzene rings is 3. The molecule has 3 rings (SSSR count). The van der Waals surface area contributed by atoms with Gasteiger partial charge in [0.2, 0.25) is 0 Å². The van der Waals surface area contributed by atoms with E-state index in [4.69, 9.17) is 20.9 Å². The van der Waals surface area contributed by atoms with Crippen molar-refractivity contribution in [2.75, 3.05) is 24.7 Å². The molecule has 52 heavy (non-hydrogen) atoms. The van der Waals surface area contributed by atoms with E-state index >= 15 is 0 Å². The summed E-state index contributed by atoms with van der Waals surface area (Å²) in [6.07, 6.45) is 8.46. The normalized spacial score (nSPS) is 12.0. The van der Waals surface area contributed by atoms with Gasteiger partial charge in [-0.15, -0.1) is 10.2 Å². The van der Waals surface area contributed by atoms with Crippen LogP contribution >= 0.6 is 0 Å². The molecule has 0 aliphatic carbocycles. The Balaban J connectivity index is 0.000000602. The summed E-state index contributed by atoms with van der Waals surface area (Å²) in [6.45, 7) is 9.51. The van der Waals surface area contributed by atoms with Crippen LogP contribution < -0.4 is 20.9 Å². The predicted molar refractivity (Wildman–Crippen MR) is 197 cm³/mol. The lowest BCUT2D eigenvalue weighted by molar-refractivity contribution is -0.393. The number of nitro benzene ring substituents is 4. The molecular formula is C34H46N8O10. The molecule has 0 amide bonds. The van der Waals surface area contributed by atoms with Gasteiger partial charge in [0, 0.05) is 24.3 Å². The summed E-state index contributed by atoms with van der Waals surface area (Å²) in [5, 5.41) is 51.5. The average Bonchev–Trinajstić information content (AvgIpc) is 3.11. The van der Waals surface area contributed by atoms with Crippen LogP contribution in [0.2, 0.25) is 0 Å². The van der Waals surface area contributed by atoms with Gasteiger partial charge in [-0.2, -0.15) is 0 Å². The van der Waals surface area contributed by atoms with Crippen molar-refractivity contribution in [1.29, 1.82) is 0 Å². The zero-order valence-electron chi connectivity index (χ0n) is 29.8. The molecule has 0 saturated carbocycles. The first-order valence-electron chi connectivity index (χ1n) is 17.0. The number of rotatable bonds is 20. The number of azo groups is 1. The van der Waals surface area contributed by atoms with Crippen LogP contribution in [-0.4, -0.2) is 32.9 Å². The van der Waals surface area contributed by atoms with Gasteiger partial charge in [0.15, 0.2) is 5.69 Å². The summed E-state index contributed by atoms with van der Waals surface area (Å²) in [4.78, 5) is 40.2. The number of ether oxygens (including phenoxy) is 2. The lowest BCUT2D eigenvalue weighted by Gasteiger charge is -2.19. The molecule has 18 heteroatoms. The molecule has 0 saturated heterocycles. The van der Waals surface area contributed by atoms with Crippen LogP contribution in [0.3, 0.4) is 0 Å². The zero-order chi connectivity index (χ0) is 38.8. The Morgan fingerprint density at radius 1 is 0.596 bits per heavy atom. The smallest absolute Gasteiger partial charge is 0.303 e. The van der Waals surface area contributed by atoms with Crippen LogP contribution in [0.15, 0.2) is 58.8 Å². The molecule has 0 spiro atoms. The SMILES string of the molecule is CCCCC(CC)COc1cc(/N=N/c2ccc([N+](=O)[O-])cc2[N+](=O)[O-])c(OCC(CC)CCCC)cc1N.Nc1ccc([N+](=O)[O-])cc1[N+](=O)[O-]. The summed E-state index contributed by atoms with van der Waals surface area (Å²) in [5.74, 6) is 1.56. The van der Waals surface area contributed by atoms with Crippen molar-refractivity contribution < 1.29 is 29.2 Å². The minimum Gasteiger partial charge on any atom is -0.491 e. The monoisotopic (exact) mass is 726 g/mol. The van der Waals surface area contributed by atoms with E-state index in [1.165, 1.54) is 6.07 Å². The Bertz CT molecular complexity index is 1720. The van der Waals surface area contributed by atoms with E-state index in [2.05, 4.69) is 37.9 Å². The van der Waals surface area contributed by atoms with Crippen LogP contribution in [0.4, 0.5) is 45.5 Å². The molecule has 18 nitrogen and oxygen atoms in total. The van der Waals surface area contributed by atoms with Crippen molar-refractivity contribution >= 4 is 45.5 Å². The van der Waals surface area contributed by atoms with Gasteiger partial charge in [0.05, 0.1) is 50.7 Å². The molecule has 4 N–H and O–H groups in total. The third-order valence-electron chi connectivity index (χ3n) is 8.18. The highest BCUT2D eigenvalue weighted by molar-refractivity contribution is 5.68. The van der Waals surface area contributed by atoms with Gasteiger partial charge >= 0.3 is 5.69 Å². The molecule has 0 aliphatic heterocycles. The van der Waals surface area contributed by atoms with Crippen molar-refractivity contribution in [3.05, 3.63) is 89.0 Å². The summed E-state index contributed by atoms with van der Waals surface area (Å²) < 4.78 is 12.2. The number of nitro groups is 4. The minimum atomic E-state index is -0.762. The molecule has 0 radical (unpaired) electrons. The maximum atomic E-state index is 11.5. The molecule has 0 aromatic heterocycles. The highest BCUT2D eigenvalue weighted by Crippen LogP contribution is 2.40. The zero-order valence-corrected chi connectivity index (χ0v) is 29.8. The number of anilines is 2. The molecule has 3 aromatic rings. The van der Waals surface area contributed by atoms with Gasteiger partial charge in [-0.25, -0.2) is 0 Å². The maximum Gasteiger partial charge on any atom is 0.303 e. The summed E-state index contributed by atoms with van der Waals surface area (Å²) in [7, 11) is 0. The first kappa shape index (κ1) is 42.2. The van der Waals surface area contributed by atoms with Crippen molar-refractivity contribution in [3.63, 3.8) is 0 Å². The van der Waals surface area contributed by atoms with E-state index < -0.39 is 36.8 Å². The molecule has 0 aliphatic rings. The van der Waals surface area contributed by atoms with Crippen LogP contribution in [0.5, 0.6) is 11.5 Å². The van der Waals surface area contributed by atoms with E-state index in [1.54, 1.807) is 12.1 Å². The van der Waals surface area contributed by atoms with Crippen molar-refractivity contribution in [2.24, 2.45) is 22.1 Å². The van der Waals surface area contributed by atoms with Crippen LogP contribution in [0.25, 0.3) is 0 Å². The molecule has 2 atom stereocenters. The van der Waals surface area contributed by atoms with Crippen LogP contribution in [-0.2, 0) is 0 Å². The molecule has 3 aromatic carbocycles. The third kappa shape index (κ3) is 13.1. The Kier molecular flexibility index (Phi) is 17.3. The fourth-order valence-electron chi connectivity index (χ4n) is 4.86. The number of non-ortho nitro benzene ring substituents is 2. The number of hydrogen-bond donors (Lipinski definition) is 2. The molecule has 0 heterocycles. The summed E-state index contributed by atoms with van der Waals surface area (Å²) in [6, 6.07) is 9.57. The fourth-order valence-corrected chi connectivity index (χ4v) is 4.86. The largest absolute Gasteiger partial charge is 0.491 e. The maximum absolute atomic E-state index is 11.5. The first-order valence-corrected chi connectivity index (χ1v) is 17.0. The van der Waals surface area contributed by atoms with Crippen molar-refractivity contribution in [1.82, 2.24) is 0 Å². The molecule has 2 unspecified atom stereocenters. The van der Waals surface area contributed by atoms with Gasteiger partial charge in [0.1, 0.15) is 22.9 Å². The van der Waals surface area contributed by atoms with E-state index in [1.807, 2.05) is 0 Å². The standard InChI is InChI=1S/C28H41N5O6.C6H5N3O4/c1-5-9-11-20(7-3)18-38-27-17-25(28(16-23(27)29)39-19-21(8-4)12-10-6-2)31-30-24-14-13-22(32(34)35)15-26(24)33(36)37;7-5-2-1-4(8(10)11)3-6(5)9(12)13/h13-17,20-21H,5-12,18-19,29H2,1-4H3;1-3H,7H2/b31-30+;. The number of hydrogen-bond acceptors (Lipinski definition) is 14. The average molecular weight is 727 g/mol. The minimum absolute atomic E-state index is 0.0874. The lowest BCUT2D eigenvalue weighted by Crippen LogP contribution is -2.13. The Labute approximate surface area is 300 Å². The van der Waals surface area contributed by atoms with Crippen molar-refractivity contribution in [3.8, 4) is 11.5 Å². The number of nitrogens with zero attached hydrogens (tertiary/aromatic N) is 6. The van der Waals surface area contributed by atoms with E-state index in [0.29, 0.717) is 47.9 Å². The third-order valence-corrected chi connectivity index (χ3v) is 8.18. The van der Waals surface area contributed by atoms with Gasteiger partial charge in [-0.3, -0.25) is 40.5 Å². The van der Waals surface area contributed by atoms with E-state index in [0.717, 1.165) is 81.7 Å². The number of unbranched alkanes of at least 4 members (excludes halogenated alkanes) is 2. The van der Waals surface area contributed by atoms with Gasteiger partial charge < -0.3 is 20.9 Å². The van der Waals surface area contributed by atoms with Crippen molar-refractivity contribution in [2.45, 2.75) is 79.1 Å². The number of nitrogen functional groups attached to an aromatic ring is 2. The first-order chi connectivity index (χ1) is 24.8. The highest BCUT2D eigenvalue weighted by atomic mass is 16.6. The highest BCUT2D eigenvalue weighted by Gasteiger charge is 2.21. The summed E-state index contributed by atoms with van der Waals surface area (Å²) in [5.41, 5.74) is 10.3. The quantitative estimate of drug-likeness (QED) is 0.0476. The Morgan fingerprint density at radius 3 is 1.56 bits per heavy atom. The fraction of sp³-hybridized carbons (Fsp3) is 0.471. The Morgan fingerprint density at radius 2 is 1.08 bits per heavy atom. The summed E-state index contributed by atoms with van der Waals surface area (Å²) >= 11 is 0. The molecule has 282 valence electrons. The molecule has 0 bridgehead atoms. The second-order valence-electron chi connectivity index (χ2n) is 12.0. The second-order valence-corrected chi connectivity index (χ2v) is 12.0. The predicted octanol–water partition coefficient (Wildman–Crippen LogP) is 9.78.